The normalized spacial score (nSPS) is 17.9. The molecule has 0 spiro atoms. The molecule has 0 saturated heterocycles. The number of rotatable bonds is 23. The fourth-order valence-electron chi connectivity index (χ4n) is 7.26. The highest BCUT2D eigenvalue weighted by Gasteiger charge is 2.38. The Morgan fingerprint density at radius 2 is 1.29 bits per heavy atom. The Labute approximate surface area is 336 Å². The predicted molar refractivity (Wildman–Crippen MR) is 222 cm³/mol. The van der Waals surface area contributed by atoms with Crippen molar-refractivity contribution < 1.29 is 43.6 Å². The molecule has 1 rings (SSSR count). The van der Waals surface area contributed by atoms with E-state index < -0.39 is 23.8 Å². The number of carbonyl (C=O) groups is 4. The molecule has 1 aliphatic carbocycles. The summed E-state index contributed by atoms with van der Waals surface area (Å²) in [5.41, 5.74) is -1.66. The molecular formula is C44H86N2O9. The summed E-state index contributed by atoms with van der Waals surface area (Å²) in [4.78, 5) is 51.8. The van der Waals surface area contributed by atoms with Crippen molar-refractivity contribution in [3.63, 3.8) is 0 Å². The van der Waals surface area contributed by atoms with E-state index in [0.717, 1.165) is 26.4 Å². The first-order valence-corrected chi connectivity index (χ1v) is 21.0. The molecule has 0 aromatic rings. The van der Waals surface area contributed by atoms with E-state index in [1.807, 2.05) is 41.5 Å². The Morgan fingerprint density at radius 3 is 1.84 bits per heavy atom. The van der Waals surface area contributed by atoms with Gasteiger partial charge in [-0.25, -0.2) is 0 Å². The molecule has 1 fully saturated rings. The molecule has 3 unspecified atom stereocenters. The van der Waals surface area contributed by atoms with Gasteiger partial charge in [-0.05, 0) is 94.8 Å². The smallest absolute Gasteiger partial charge is 0.306 e. The first kappa shape index (κ1) is 54.9. The number of hydrogen-bond acceptors (Lipinski definition) is 9. The molecular weight excluding hydrogens is 700 g/mol. The quantitative estimate of drug-likeness (QED) is 0.0746. The first-order chi connectivity index (χ1) is 25.2. The molecule has 1 saturated carbocycles. The van der Waals surface area contributed by atoms with Crippen molar-refractivity contribution in [2.24, 2.45) is 22.2 Å². The molecule has 0 bridgehead atoms. The number of amides is 2. The van der Waals surface area contributed by atoms with E-state index in [4.69, 9.17) is 19.3 Å². The highest BCUT2D eigenvalue weighted by atomic mass is 16.6. The maximum absolute atomic E-state index is 13.2. The SMILES string of the molecule is CC.CCC(C)(C)CC(C)(C)CC(=O)OC1CCC(NC(=O)CCC(=O)NCCC(C)(C)OCCC(C)C)CC1OC(=O)CCC(C)(C)CC(C)(C)O.CO. The fraction of sp³-hybridized carbons (Fsp3) is 0.909. The lowest BCUT2D eigenvalue weighted by Crippen LogP contribution is -2.48. The zero-order valence-electron chi connectivity index (χ0n) is 38.2. The molecule has 0 heterocycles. The van der Waals surface area contributed by atoms with Gasteiger partial charge in [0.25, 0.3) is 0 Å². The number of aliphatic hydroxyl groups excluding tert-OH is 1. The molecule has 0 aliphatic heterocycles. The fourth-order valence-corrected chi connectivity index (χ4v) is 7.26. The van der Waals surface area contributed by atoms with E-state index >= 15 is 0 Å². The summed E-state index contributed by atoms with van der Waals surface area (Å²) in [6.45, 7) is 31.7. The van der Waals surface area contributed by atoms with Crippen molar-refractivity contribution in [2.45, 2.75) is 217 Å². The Kier molecular flexibility index (Phi) is 25.8. The van der Waals surface area contributed by atoms with Crippen LogP contribution in [0.3, 0.4) is 0 Å². The third-order valence-electron chi connectivity index (χ3n) is 9.93. The van der Waals surface area contributed by atoms with Gasteiger partial charge in [0.1, 0.15) is 12.2 Å². The number of esters is 2. The van der Waals surface area contributed by atoms with Crippen LogP contribution in [0.4, 0.5) is 0 Å². The van der Waals surface area contributed by atoms with Crippen LogP contribution in [0.15, 0.2) is 0 Å². The van der Waals surface area contributed by atoms with Gasteiger partial charge in [0.15, 0.2) is 0 Å². The van der Waals surface area contributed by atoms with Gasteiger partial charge < -0.3 is 35.1 Å². The number of nitrogens with one attached hydrogen (secondary N) is 2. The predicted octanol–water partition coefficient (Wildman–Crippen LogP) is 8.45. The van der Waals surface area contributed by atoms with Crippen LogP contribution in [0.5, 0.6) is 0 Å². The number of aliphatic hydroxyl groups is 2. The highest BCUT2D eigenvalue weighted by Crippen LogP contribution is 2.39. The maximum Gasteiger partial charge on any atom is 0.306 e. The minimum Gasteiger partial charge on any atom is -0.458 e. The molecule has 0 aromatic heterocycles. The van der Waals surface area contributed by atoms with Crippen LogP contribution in [-0.4, -0.2) is 83.7 Å². The van der Waals surface area contributed by atoms with Crippen LogP contribution < -0.4 is 10.6 Å². The summed E-state index contributed by atoms with van der Waals surface area (Å²) in [6.07, 6.45) is 5.09. The monoisotopic (exact) mass is 787 g/mol. The van der Waals surface area contributed by atoms with Crippen LogP contribution in [0.1, 0.15) is 187 Å². The maximum atomic E-state index is 13.2. The molecule has 3 atom stereocenters. The largest absolute Gasteiger partial charge is 0.458 e. The van der Waals surface area contributed by atoms with Crippen molar-refractivity contribution in [2.75, 3.05) is 20.3 Å². The summed E-state index contributed by atoms with van der Waals surface area (Å²) in [5.74, 6) is -0.584. The molecule has 2 amide bonds. The number of carbonyl (C=O) groups excluding carboxylic acids is 4. The average Bonchev–Trinajstić information content (AvgIpc) is 3.03. The zero-order valence-corrected chi connectivity index (χ0v) is 38.2. The third kappa shape index (κ3) is 27.9. The molecule has 1 aliphatic rings. The lowest BCUT2D eigenvalue weighted by Gasteiger charge is -2.37. The minimum atomic E-state index is -0.860. The van der Waals surface area contributed by atoms with Crippen LogP contribution in [0.2, 0.25) is 0 Å². The Morgan fingerprint density at radius 1 is 0.727 bits per heavy atom. The third-order valence-corrected chi connectivity index (χ3v) is 9.93. The second kappa shape index (κ2) is 25.9. The second-order valence-electron chi connectivity index (χ2n) is 19.2. The van der Waals surface area contributed by atoms with E-state index in [-0.39, 0.29) is 71.4 Å². The lowest BCUT2D eigenvalue weighted by molar-refractivity contribution is -0.174. The van der Waals surface area contributed by atoms with Gasteiger partial charge >= 0.3 is 11.9 Å². The van der Waals surface area contributed by atoms with Crippen LogP contribution >= 0.6 is 0 Å². The molecule has 0 radical (unpaired) electrons. The molecule has 11 heteroatoms. The molecule has 326 valence electrons. The van der Waals surface area contributed by atoms with E-state index in [1.165, 1.54) is 0 Å². The summed E-state index contributed by atoms with van der Waals surface area (Å²) in [6, 6.07) is -0.287. The molecule has 11 nitrogen and oxygen atoms in total. The zero-order chi connectivity index (χ0) is 43.3. The molecule has 55 heavy (non-hydrogen) atoms. The van der Waals surface area contributed by atoms with Gasteiger partial charge in [-0.1, -0.05) is 82.6 Å². The average molecular weight is 787 g/mol. The first-order valence-electron chi connectivity index (χ1n) is 21.0. The van der Waals surface area contributed by atoms with Crippen molar-refractivity contribution in [1.82, 2.24) is 10.6 Å². The highest BCUT2D eigenvalue weighted by molar-refractivity contribution is 5.83. The van der Waals surface area contributed by atoms with Gasteiger partial charge in [0.05, 0.1) is 17.6 Å². The standard InChI is InChI=1S/C41H76N2O8.C2H6.CH4O/c1-14-37(4,5)27-39(8,9)26-36(47)50-31-16-15-30(25-32(31)51-35(46)19-21-38(6,7)28-40(10,11)48)43-34(45)18-17-33(44)42-23-22-41(12,13)49-24-20-29(2)3;2*1-2/h29-32,48H,14-28H2,1-13H3,(H,42,44)(H,43,45);1-2H3;2H,1H3. The Balaban J connectivity index is 0. The van der Waals surface area contributed by atoms with Gasteiger partial charge in [-0.15, -0.1) is 0 Å². The van der Waals surface area contributed by atoms with Gasteiger partial charge in [0, 0.05) is 52.0 Å². The van der Waals surface area contributed by atoms with Crippen molar-refractivity contribution in [1.29, 1.82) is 0 Å². The summed E-state index contributed by atoms with van der Waals surface area (Å²) in [7, 11) is 1.00. The number of ether oxygens (including phenoxy) is 3. The Hall–Kier alpha value is -2.24. The van der Waals surface area contributed by atoms with Crippen LogP contribution in [-0.2, 0) is 33.4 Å². The topological polar surface area (TPSA) is 160 Å². The van der Waals surface area contributed by atoms with E-state index in [2.05, 4.69) is 59.1 Å². The second-order valence-corrected chi connectivity index (χ2v) is 19.2. The van der Waals surface area contributed by atoms with Gasteiger partial charge in [-0.3, -0.25) is 19.2 Å². The summed E-state index contributed by atoms with van der Waals surface area (Å²) < 4.78 is 17.9. The Bertz CT molecular complexity index is 1110. The van der Waals surface area contributed by atoms with Crippen LogP contribution in [0.25, 0.3) is 0 Å². The van der Waals surface area contributed by atoms with E-state index in [1.54, 1.807) is 13.8 Å². The summed E-state index contributed by atoms with van der Waals surface area (Å²) >= 11 is 0. The van der Waals surface area contributed by atoms with Crippen LogP contribution in [0, 0.1) is 22.2 Å². The van der Waals surface area contributed by atoms with Crippen molar-refractivity contribution in [3.05, 3.63) is 0 Å². The molecule has 4 N–H and O–H groups in total. The minimum absolute atomic E-state index is 0.0406. The van der Waals surface area contributed by atoms with Crippen molar-refractivity contribution >= 4 is 23.8 Å². The lowest BCUT2D eigenvalue weighted by atomic mass is 9.72. The van der Waals surface area contributed by atoms with E-state index in [0.29, 0.717) is 57.6 Å². The van der Waals surface area contributed by atoms with Gasteiger partial charge in [0.2, 0.25) is 11.8 Å². The number of hydrogen-bond donors (Lipinski definition) is 4. The summed E-state index contributed by atoms with van der Waals surface area (Å²) in [5, 5.41) is 23.2. The van der Waals surface area contributed by atoms with E-state index in [9.17, 15) is 24.3 Å². The van der Waals surface area contributed by atoms with Crippen molar-refractivity contribution in [3.8, 4) is 0 Å². The molecule has 0 aromatic carbocycles. The van der Waals surface area contributed by atoms with Gasteiger partial charge in [-0.2, -0.15) is 0 Å².